The summed E-state index contributed by atoms with van der Waals surface area (Å²) in [5.74, 6) is -0.276. The second-order valence-electron chi connectivity index (χ2n) is 6.72. The number of non-ortho nitro benzene ring substituents is 1. The van der Waals surface area contributed by atoms with E-state index in [2.05, 4.69) is 10.0 Å². The second-order valence-corrected chi connectivity index (χ2v) is 8.44. The van der Waals surface area contributed by atoms with Gasteiger partial charge in [-0.1, -0.05) is 18.2 Å². The van der Waals surface area contributed by atoms with Gasteiger partial charge in [0.25, 0.3) is 5.69 Å². The maximum atomic E-state index is 12.2. The van der Waals surface area contributed by atoms with Crippen LogP contribution >= 0.6 is 0 Å². The Balaban J connectivity index is 1.98. The third kappa shape index (κ3) is 5.86. The largest absolute Gasteiger partial charge is 0.326 e. The van der Waals surface area contributed by atoms with Gasteiger partial charge in [-0.15, -0.1) is 0 Å². The zero-order chi connectivity index (χ0) is 20.9. The molecule has 0 spiro atoms. The fourth-order valence-corrected chi connectivity index (χ4v) is 3.79. The normalized spacial score (nSPS) is 11.4. The van der Waals surface area contributed by atoms with Crippen molar-refractivity contribution in [3.63, 3.8) is 0 Å². The molecule has 0 aliphatic rings. The molecule has 1 amide bonds. The summed E-state index contributed by atoms with van der Waals surface area (Å²) in [6.45, 7) is 5.24. The van der Waals surface area contributed by atoms with Gasteiger partial charge >= 0.3 is 0 Å². The van der Waals surface area contributed by atoms with Gasteiger partial charge in [0.15, 0.2) is 0 Å². The van der Waals surface area contributed by atoms with E-state index in [1.807, 2.05) is 0 Å². The van der Waals surface area contributed by atoms with Gasteiger partial charge in [0.2, 0.25) is 15.9 Å². The molecule has 2 aromatic rings. The molecule has 0 bridgehead atoms. The number of benzene rings is 2. The number of amides is 1. The van der Waals surface area contributed by atoms with Crippen molar-refractivity contribution in [1.29, 1.82) is 0 Å². The third-order valence-electron chi connectivity index (χ3n) is 3.97. The van der Waals surface area contributed by atoms with Crippen LogP contribution in [0, 0.1) is 17.0 Å². The minimum atomic E-state index is -3.55. The van der Waals surface area contributed by atoms with Crippen molar-refractivity contribution in [3.05, 3.63) is 63.7 Å². The standard InChI is InChI=1S/C19H23N3O5S/c1-13(2)21-28(26,27)17-9-5-15(6-10-17)7-11-19(23)20-18-12-16(22(24)25)8-4-14(18)3/h4-6,8-10,12-13,21H,7,11H2,1-3H3,(H,20,23). The lowest BCUT2D eigenvalue weighted by atomic mass is 10.1. The van der Waals surface area contributed by atoms with Gasteiger partial charge in [0.05, 0.1) is 15.5 Å². The predicted octanol–water partition coefficient (Wildman–Crippen LogP) is 3.16. The molecule has 0 saturated carbocycles. The molecule has 0 saturated heterocycles. The Kier molecular flexibility index (Phi) is 6.87. The van der Waals surface area contributed by atoms with Gasteiger partial charge in [0, 0.05) is 24.6 Å². The molecule has 9 heteroatoms. The number of carbonyl (C=O) groups excluding carboxylic acids is 1. The molecule has 2 N–H and O–H groups in total. The molecule has 0 aliphatic carbocycles. The van der Waals surface area contributed by atoms with Crippen LogP contribution in [0.4, 0.5) is 11.4 Å². The first-order valence-corrected chi connectivity index (χ1v) is 10.2. The molecule has 8 nitrogen and oxygen atoms in total. The number of nitro groups is 1. The minimum Gasteiger partial charge on any atom is -0.326 e. The van der Waals surface area contributed by atoms with Crippen LogP contribution in [-0.2, 0) is 21.2 Å². The first-order valence-electron chi connectivity index (χ1n) is 8.74. The highest BCUT2D eigenvalue weighted by atomic mass is 32.2. The number of nitrogens with zero attached hydrogens (tertiary/aromatic N) is 1. The average molecular weight is 405 g/mol. The smallest absolute Gasteiger partial charge is 0.271 e. The summed E-state index contributed by atoms with van der Waals surface area (Å²) in [6, 6.07) is 10.4. The van der Waals surface area contributed by atoms with E-state index >= 15 is 0 Å². The van der Waals surface area contributed by atoms with Gasteiger partial charge in [-0.25, -0.2) is 13.1 Å². The average Bonchev–Trinajstić information content (AvgIpc) is 2.61. The van der Waals surface area contributed by atoms with Crippen LogP contribution in [-0.4, -0.2) is 25.3 Å². The minimum absolute atomic E-state index is 0.0901. The summed E-state index contributed by atoms with van der Waals surface area (Å²) < 4.78 is 26.7. The Labute approximate surface area is 164 Å². The lowest BCUT2D eigenvalue weighted by molar-refractivity contribution is -0.384. The summed E-state index contributed by atoms with van der Waals surface area (Å²) in [4.78, 5) is 22.7. The Morgan fingerprint density at radius 3 is 2.36 bits per heavy atom. The predicted molar refractivity (Wildman–Crippen MR) is 107 cm³/mol. The Morgan fingerprint density at radius 1 is 1.14 bits per heavy atom. The van der Waals surface area contributed by atoms with E-state index in [1.165, 1.54) is 24.3 Å². The van der Waals surface area contributed by atoms with Crippen LogP contribution < -0.4 is 10.0 Å². The Morgan fingerprint density at radius 2 is 1.79 bits per heavy atom. The molecule has 150 valence electrons. The first kappa shape index (κ1) is 21.5. The van der Waals surface area contributed by atoms with Gasteiger partial charge in [0.1, 0.15) is 0 Å². The molecule has 0 radical (unpaired) electrons. The van der Waals surface area contributed by atoms with Crippen molar-refractivity contribution in [2.45, 2.75) is 44.6 Å². The van der Waals surface area contributed by atoms with E-state index < -0.39 is 14.9 Å². The zero-order valence-corrected chi connectivity index (χ0v) is 16.7. The zero-order valence-electron chi connectivity index (χ0n) is 15.9. The number of nitro benzene ring substituents is 1. The highest BCUT2D eigenvalue weighted by molar-refractivity contribution is 7.89. The maximum Gasteiger partial charge on any atom is 0.271 e. The highest BCUT2D eigenvalue weighted by Gasteiger charge is 2.15. The summed E-state index contributed by atoms with van der Waals surface area (Å²) in [7, 11) is -3.55. The van der Waals surface area contributed by atoms with Crippen LogP contribution in [0.2, 0.25) is 0 Å². The molecule has 0 atom stereocenters. The number of aryl methyl sites for hydroxylation is 2. The van der Waals surface area contributed by atoms with Crippen molar-refractivity contribution in [2.24, 2.45) is 0 Å². The molecular weight excluding hydrogens is 382 g/mol. The van der Waals surface area contributed by atoms with Gasteiger partial charge in [-0.2, -0.15) is 0 Å². The number of anilines is 1. The monoisotopic (exact) mass is 405 g/mol. The summed E-state index contributed by atoms with van der Waals surface area (Å²) in [5, 5.41) is 13.5. The van der Waals surface area contributed by atoms with Crippen molar-refractivity contribution >= 4 is 27.3 Å². The summed E-state index contributed by atoms with van der Waals surface area (Å²) in [6.07, 6.45) is 0.580. The summed E-state index contributed by atoms with van der Waals surface area (Å²) in [5.41, 5.74) is 1.86. The first-order chi connectivity index (χ1) is 13.1. The van der Waals surface area contributed by atoms with E-state index in [4.69, 9.17) is 0 Å². The molecule has 0 heterocycles. The van der Waals surface area contributed by atoms with Crippen LogP contribution in [0.1, 0.15) is 31.4 Å². The topological polar surface area (TPSA) is 118 Å². The molecule has 2 aromatic carbocycles. The molecule has 0 aliphatic heterocycles. The van der Waals surface area contributed by atoms with E-state index in [0.29, 0.717) is 12.1 Å². The van der Waals surface area contributed by atoms with Gasteiger partial charge in [-0.05, 0) is 50.5 Å². The number of hydrogen-bond acceptors (Lipinski definition) is 5. The number of nitrogens with one attached hydrogen (secondary N) is 2. The third-order valence-corrected chi connectivity index (χ3v) is 5.65. The van der Waals surface area contributed by atoms with Crippen molar-refractivity contribution in [2.75, 3.05) is 5.32 Å². The van der Waals surface area contributed by atoms with Crippen LogP contribution in [0.3, 0.4) is 0 Å². The second kappa shape index (κ2) is 8.94. The molecule has 28 heavy (non-hydrogen) atoms. The molecule has 2 rings (SSSR count). The van der Waals surface area contributed by atoms with Crippen molar-refractivity contribution < 1.29 is 18.1 Å². The van der Waals surface area contributed by atoms with E-state index in [9.17, 15) is 23.3 Å². The quantitative estimate of drug-likeness (QED) is 0.516. The fourth-order valence-electron chi connectivity index (χ4n) is 2.54. The molecule has 0 unspecified atom stereocenters. The molecule has 0 fully saturated rings. The lowest BCUT2D eigenvalue weighted by Crippen LogP contribution is -2.30. The lowest BCUT2D eigenvalue weighted by Gasteiger charge is -2.10. The van der Waals surface area contributed by atoms with Gasteiger partial charge < -0.3 is 5.32 Å². The number of rotatable bonds is 8. The van der Waals surface area contributed by atoms with Gasteiger partial charge in [-0.3, -0.25) is 14.9 Å². The van der Waals surface area contributed by atoms with Crippen molar-refractivity contribution in [1.82, 2.24) is 4.72 Å². The van der Waals surface area contributed by atoms with Crippen LogP contribution in [0.15, 0.2) is 47.4 Å². The fraction of sp³-hybridized carbons (Fsp3) is 0.316. The number of sulfonamides is 1. The Hall–Kier alpha value is -2.78. The molecule has 0 aromatic heterocycles. The van der Waals surface area contributed by atoms with Crippen LogP contribution in [0.25, 0.3) is 0 Å². The van der Waals surface area contributed by atoms with E-state index in [-0.39, 0.29) is 29.0 Å². The van der Waals surface area contributed by atoms with Crippen molar-refractivity contribution in [3.8, 4) is 0 Å². The maximum absolute atomic E-state index is 12.2. The highest BCUT2D eigenvalue weighted by Crippen LogP contribution is 2.22. The van der Waals surface area contributed by atoms with E-state index in [1.54, 1.807) is 39.0 Å². The number of hydrogen-bond donors (Lipinski definition) is 2. The number of carbonyl (C=O) groups is 1. The molecular formula is C19H23N3O5S. The summed E-state index contributed by atoms with van der Waals surface area (Å²) >= 11 is 0. The van der Waals surface area contributed by atoms with E-state index in [0.717, 1.165) is 11.1 Å². The SMILES string of the molecule is Cc1ccc([N+](=O)[O-])cc1NC(=O)CCc1ccc(S(=O)(=O)NC(C)C)cc1. The Bertz CT molecular complexity index is 970. The van der Waals surface area contributed by atoms with Crippen LogP contribution in [0.5, 0.6) is 0 Å².